The van der Waals surface area contributed by atoms with Gasteiger partial charge in [0.15, 0.2) is 0 Å². The van der Waals surface area contributed by atoms with E-state index >= 15 is 0 Å². The van der Waals surface area contributed by atoms with Gasteiger partial charge in [0.2, 0.25) is 20.0 Å². The van der Waals surface area contributed by atoms with E-state index in [1.807, 2.05) is 0 Å². The topological polar surface area (TPSA) is 86.8 Å². The van der Waals surface area contributed by atoms with Crippen LogP contribution in [-0.4, -0.2) is 64.8 Å². The molecule has 0 amide bonds. The Balaban J connectivity index is 0.00000300. The summed E-state index contributed by atoms with van der Waals surface area (Å²) in [5.41, 5.74) is 0. The first-order chi connectivity index (χ1) is 13.3. The van der Waals surface area contributed by atoms with Gasteiger partial charge in [0.05, 0.1) is 9.79 Å². The molecule has 0 aromatic heterocycles. The van der Waals surface area contributed by atoms with Crippen molar-refractivity contribution < 1.29 is 16.8 Å². The molecule has 0 atom stereocenters. The largest absolute Gasteiger partial charge is 0.303 e. The van der Waals surface area contributed by atoms with Gasteiger partial charge in [-0.25, -0.2) is 21.6 Å². The van der Waals surface area contributed by atoms with Gasteiger partial charge in [-0.05, 0) is 76.0 Å². The van der Waals surface area contributed by atoms with Crippen molar-refractivity contribution in [1.29, 1.82) is 0 Å². The Kier molecular flexibility index (Phi) is 8.93. The van der Waals surface area contributed by atoms with Crippen molar-refractivity contribution in [2.75, 3.05) is 32.7 Å². The number of rotatable bonds is 7. The molecule has 1 N–H and O–H groups in total. The third-order valence-electron chi connectivity index (χ3n) is 5.54. The predicted molar refractivity (Wildman–Crippen MR) is 116 cm³/mol. The van der Waals surface area contributed by atoms with E-state index in [-0.39, 0.29) is 28.2 Å². The number of likely N-dealkylation sites (tertiary alicyclic amines) is 1. The van der Waals surface area contributed by atoms with Crippen molar-refractivity contribution in [3.8, 4) is 0 Å². The van der Waals surface area contributed by atoms with Crippen LogP contribution in [0.2, 0.25) is 0 Å². The molecule has 166 valence electrons. The maximum Gasteiger partial charge on any atom is 0.243 e. The molecule has 1 aromatic carbocycles. The number of halogens is 1. The molecule has 0 saturated carbocycles. The smallest absolute Gasteiger partial charge is 0.243 e. The zero-order valence-corrected chi connectivity index (χ0v) is 19.4. The van der Waals surface area contributed by atoms with Crippen LogP contribution in [0, 0.1) is 0 Å². The average Bonchev–Trinajstić information content (AvgIpc) is 2.70. The number of benzene rings is 1. The Morgan fingerprint density at radius 3 is 2.00 bits per heavy atom. The molecule has 0 bridgehead atoms. The second-order valence-electron chi connectivity index (χ2n) is 7.67. The molecule has 2 fully saturated rings. The van der Waals surface area contributed by atoms with E-state index < -0.39 is 20.0 Å². The summed E-state index contributed by atoms with van der Waals surface area (Å²) < 4.78 is 55.1. The summed E-state index contributed by atoms with van der Waals surface area (Å²) in [6.45, 7) is 6.04. The lowest BCUT2D eigenvalue weighted by Crippen LogP contribution is -2.44. The van der Waals surface area contributed by atoms with E-state index in [0.717, 1.165) is 58.2 Å². The number of nitrogens with one attached hydrogen (secondary N) is 1. The van der Waals surface area contributed by atoms with Crippen LogP contribution in [0.4, 0.5) is 0 Å². The number of hydrogen-bond acceptors (Lipinski definition) is 5. The van der Waals surface area contributed by atoms with Crippen molar-refractivity contribution in [1.82, 2.24) is 13.9 Å². The summed E-state index contributed by atoms with van der Waals surface area (Å²) in [5.74, 6) is 0. The first-order valence-corrected chi connectivity index (χ1v) is 13.1. The first-order valence-electron chi connectivity index (χ1n) is 10.2. The summed E-state index contributed by atoms with van der Waals surface area (Å²) >= 11 is 0. The van der Waals surface area contributed by atoms with Crippen molar-refractivity contribution in [2.45, 2.75) is 61.3 Å². The SMILES string of the molecule is CCCN1CCC(NS(=O)(=O)c2ccc(S(=O)(=O)N3CCCCC3)cc2)CC1.Cl. The lowest BCUT2D eigenvalue weighted by Gasteiger charge is -2.31. The maximum absolute atomic E-state index is 12.7. The molecule has 1 aromatic rings. The molecular formula is C19H32ClN3O4S2. The molecule has 0 unspecified atom stereocenters. The highest BCUT2D eigenvalue weighted by Gasteiger charge is 2.27. The number of piperidine rings is 2. The van der Waals surface area contributed by atoms with Gasteiger partial charge >= 0.3 is 0 Å². The lowest BCUT2D eigenvalue weighted by atomic mass is 10.1. The zero-order chi connectivity index (χ0) is 20.2. The Labute approximate surface area is 181 Å². The molecule has 2 aliphatic heterocycles. The Morgan fingerprint density at radius 2 is 1.45 bits per heavy atom. The highest BCUT2D eigenvalue weighted by Crippen LogP contribution is 2.22. The van der Waals surface area contributed by atoms with E-state index in [1.54, 1.807) is 0 Å². The van der Waals surface area contributed by atoms with Crippen molar-refractivity contribution in [3.63, 3.8) is 0 Å². The van der Waals surface area contributed by atoms with Crippen LogP contribution >= 0.6 is 12.4 Å². The van der Waals surface area contributed by atoms with Crippen molar-refractivity contribution in [2.24, 2.45) is 0 Å². The minimum absolute atomic E-state index is 0. The highest BCUT2D eigenvalue weighted by atomic mass is 35.5. The van der Waals surface area contributed by atoms with Crippen molar-refractivity contribution >= 4 is 32.5 Å². The van der Waals surface area contributed by atoms with Gasteiger partial charge in [-0.1, -0.05) is 13.3 Å². The van der Waals surface area contributed by atoms with Crippen LogP contribution in [0.1, 0.15) is 45.4 Å². The van der Waals surface area contributed by atoms with E-state index in [2.05, 4.69) is 16.5 Å². The quantitative estimate of drug-likeness (QED) is 0.668. The first kappa shape index (κ1) is 24.6. The standard InChI is InChI=1S/C19H31N3O4S2.ClH/c1-2-12-21-15-10-17(11-16-21)20-27(23,24)18-6-8-19(9-7-18)28(25,26)22-13-4-3-5-14-22;/h6-9,17,20H,2-5,10-16H2,1H3;1H. The Morgan fingerprint density at radius 1 is 0.897 bits per heavy atom. The van der Waals surface area contributed by atoms with Gasteiger partial charge in [0.1, 0.15) is 0 Å². The fourth-order valence-electron chi connectivity index (χ4n) is 3.92. The Hall–Kier alpha value is -0.710. The fraction of sp³-hybridized carbons (Fsp3) is 0.684. The summed E-state index contributed by atoms with van der Waals surface area (Å²) in [6.07, 6.45) is 5.47. The summed E-state index contributed by atoms with van der Waals surface area (Å²) in [5, 5.41) is 0. The van der Waals surface area contributed by atoms with Gasteiger partial charge < -0.3 is 4.90 Å². The van der Waals surface area contributed by atoms with E-state index in [0.29, 0.717) is 13.1 Å². The monoisotopic (exact) mass is 465 g/mol. The van der Waals surface area contributed by atoms with E-state index in [9.17, 15) is 16.8 Å². The van der Waals surface area contributed by atoms with Gasteiger partial charge in [-0.2, -0.15) is 4.31 Å². The molecule has 10 heteroatoms. The van der Waals surface area contributed by atoms with Gasteiger partial charge in [0, 0.05) is 19.1 Å². The van der Waals surface area contributed by atoms with E-state index in [1.165, 1.54) is 28.6 Å². The predicted octanol–water partition coefficient (Wildman–Crippen LogP) is 2.44. The number of sulfonamides is 2. The normalized spacial score (nSPS) is 20.3. The average molecular weight is 466 g/mol. The maximum atomic E-state index is 12.7. The molecule has 2 heterocycles. The van der Waals surface area contributed by atoms with Crippen LogP contribution in [0.3, 0.4) is 0 Å². The molecule has 29 heavy (non-hydrogen) atoms. The number of nitrogens with zero attached hydrogens (tertiary/aromatic N) is 2. The molecule has 0 radical (unpaired) electrons. The molecule has 0 spiro atoms. The Bertz CT molecular complexity index is 846. The fourth-order valence-corrected chi connectivity index (χ4v) is 6.75. The van der Waals surface area contributed by atoms with Crippen molar-refractivity contribution in [3.05, 3.63) is 24.3 Å². The third kappa shape index (κ3) is 6.15. The van der Waals surface area contributed by atoms with E-state index in [4.69, 9.17) is 0 Å². The van der Waals surface area contributed by atoms with Gasteiger partial charge in [-0.15, -0.1) is 12.4 Å². The third-order valence-corrected chi connectivity index (χ3v) is 8.99. The number of hydrogen-bond donors (Lipinski definition) is 1. The molecule has 7 nitrogen and oxygen atoms in total. The molecule has 3 rings (SSSR count). The molecular weight excluding hydrogens is 434 g/mol. The van der Waals surface area contributed by atoms with Gasteiger partial charge in [0.25, 0.3) is 0 Å². The lowest BCUT2D eigenvalue weighted by molar-refractivity contribution is 0.208. The van der Waals surface area contributed by atoms with Gasteiger partial charge in [-0.3, -0.25) is 0 Å². The van der Waals surface area contributed by atoms with Crippen LogP contribution in [0.5, 0.6) is 0 Å². The van der Waals surface area contributed by atoms with Crippen LogP contribution < -0.4 is 4.72 Å². The molecule has 2 aliphatic rings. The molecule has 2 saturated heterocycles. The van der Waals surface area contributed by atoms with Crippen LogP contribution in [0.25, 0.3) is 0 Å². The minimum atomic E-state index is -3.65. The highest BCUT2D eigenvalue weighted by molar-refractivity contribution is 7.89. The zero-order valence-electron chi connectivity index (χ0n) is 16.9. The second kappa shape index (κ2) is 10.5. The molecule has 0 aliphatic carbocycles. The minimum Gasteiger partial charge on any atom is -0.303 e. The summed E-state index contributed by atoms with van der Waals surface area (Å²) in [6, 6.07) is 5.52. The summed E-state index contributed by atoms with van der Waals surface area (Å²) in [7, 11) is -7.20. The van der Waals surface area contributed by atoms with Crippen LogP contribution in [-0.2, 0) is 20.0 Å². The second-order valence-corrected chi connectivity index (χ2v) is 11.3. The summed E-state index contributed by atoms with van der Waals surface area (Å²) in [4.78, 5) is 2.62. The van der Waals surface area contributed by atoms with Crippen LogP contribution in [0.15, 0.2) is 34.1 Å².